The number of aromatic nitrogens is 3. The van der Waals surface area contributed by atoms with Crippen LogP contribution in [0.2, 0.25) is 0 Å². The number of nitrogens with zero attached hydrogens (tertiary/aromatic N) is 3. The van der Waals surface area contributed by atoms with Crippen molar-refractivity contribution in [1.82, 2.24) is 14.4 Å². The first-order chi connectivity index (χ1) is 11.7. The van der Waals surface area contributed by atoms with Crippen molar-refractivity contribution in [2.75, 3.05) is 5.32 Å². The lowest BCUT2D eigenvalue weighted by Crippen LogP contribution is -2.14. The minimum Gasteiger partial charge on any atom is -0.326 e. The first-order valence-corrected chi connectivity index (χ1v) is 9.17. The third-order valence-electron chi connectivity index (χ3n) is 3.55. The van der Waals surface area contributed by atoms with Crippen LogP contribution >= 0.6 is 22.7 Å². The number of benzene rings is 1. The number of aryl methyl sites for hydroxylation is 1. The Kier molecular flexibility index (Phi) is 3.87. The third-order valence-corrected chi connectivity index (χ3v) is 5.09. The van der Waals surface area contributed by atoms with Gasteiger partial charge in [-0.05, 0) is 19.1 Å². The van der Waals surface area contributed by atoms with Crippen LogP contribution in [0.3, 0.4) is 0 Å². The minimum absolute atomic E-state index is 0.0765. The molecule has 3 aromatic heterocycles. The lowest BCUT2D eigenvalue weighted by atomic mass is 10.1. The van der Waals surface area contributed by atoms with Gasteiger partial charge in [0.25, 0.3) is 0 Å². The van der Waals surface area contributed by atoms with Crippen LogP contribution in [-0.2, 0) is 11.2 Å². The van der Waals surface area contributed by atoms with Gasteiger partial charge in [0.2, 0.25) is 5.91 Å². The quantitative estimate of drug-likeness (QED) is 0.602. The number of nitrogens with one attached hydrogen (secondary N) is 1. The maximum atomic E-state index is 12.3. The monoisotopic (exact) mass is 354 g/mol. The zero-order valence-electron chi connectivity index (χ0n) is 12.9. The van der Waals surface area contributed by atoms with Crippen molar-refractivity contribution in [3.8, 4) is 11.3 Å². The van der Waals surface area contributed by atoms with Crippen molar-refractivity contribution in [2.24, 2.45) is 0 Å². The first kappa shape index (κ1) is 15.0. The molecule has 4 aromatic rings. The fourth-order valence-electron chi connectivity index (χ4n) is 2.48. The molecule has 0 spiro atoms. The maximum Gasteiger partial charge on any atom is 0.230 e. The number of imidazole rings is 1. The van der Waals surface area contributed by atoms with Gasteiger partial charge in [-0.3, -0.25) is 9.20 Å². The molecule has 1 N–H and O–H groups in total. The van der Waals surface area contributed by atoms with Gasteiger partial charge in [-0.15, -0.1) is 22.7 Å². The molecule has 1 aromatic carbocycles. The van der Waals surface area contributed by atoms with Gasteiger partial charge in [-0.25, -0.2) is 9.97 Å². The zero-order chi connectivity index (χ0) is 16.5. The van der Waals surface area contributed by atoms with E-state index in [1.165, 1.54) is 0 Å². The summed E-state index contributed by atoms with van der Waals surface area (Å²) in [6.45, 7) is 1.98. The van der Waals surface area contributed by atoms with E-state index < -0.39 is 0 Å². The van der Waals surface area contributed by atoms with Gasteiger partial charge in [0.15, 0.2) is 4.96 Å². The molecule has 0 fully saturated rings. The number of fused-ring (bicyclic) bond motifs is 1. The van der Waals surface area contributed by atoms with Crippen LogP contribution in [0.5, 0.6) is 0 Å². The second-order valence-corrected chi connectivity index (χ2v) is 7.32. The summed E-state index contributed by atoms with van der Waals surface area (Å²) in [5.74, 6) is -0.0765. The standard InChI is InChI=1S/C17H14N4OS2/c1-11-18-15(10-24-11)12-3-2-4-13(7-12)19-16(22)8-14-9-21-5-6-23-17(21)20-14/h2-7,9-10H,8H2,1H3,(H,19,22). The molecule has 0 aliphatic rings. The molecule has 1 amide bonds. The van der Waals surface area contributed by atoms with Crippen molar-refractivity contribution in [3.05, 3.63) is 58.1 Å². The highest BCUT2D eigenvalue weighted by Gasteiger charge is 2.10. The average Bonchev–Trinajstić information content (AvgIpc) is 3.23. The first-order valence-electron chi connectivity index (χ1n) is 7.41. The van der Waals surface area contributed by atoms with Crippen LogP contribution in [0.1, 0.15) is 10.7 Å². The van der Waals surface area contributed by atoms with Gasteiger partial charge in [-0.2, -0.15) is 0 Å². The SMILES string of the molecule is Cc1nc(-c2cccc(NC(=O)Cc3cn4ccsc4n3)c2)cs1. The number of hydrogen-bond donors (Lipinski definition) is 1. The highest BCUT2D eigenvalue weighted by Crippen LogP contribution is 2.24. The predicted octanol–water partition coefficient (Wildman–Crippen LogP) is 4.01. The molecule has 0 bridgehead atoms. The summed E-state index contributed by atoms with van der Waals surface area (Å²) in [5, 5.41) is 7.95. The molecule has 3 heterocycles. The normalized spacial score (nSPS) is 11.0. The fraction of sp³-hybridized carbons (Fsp3) is 0.118. The van der Waals surface area contributed by atoms with Gasteiger partial charge in [-0.1, -0.05) is 12.1 Å². The van der Waals surface area contributed by atoms with Crippen molar-refractivity contribution in [3.63, 3.8) is 0 Å². The molecule has 0 aliphatic heterocycles. The van der Waals surface area contributed by atoms with Crippen LogP contribution in [0.15, 0.2) is 47.4 Å². The Morgan fingerprint density at radius 1 is 1.29 bits per heavy atom. The van der Waals surface area contributed by atoms with Gasteiger partial charge in [0.05, 0.1) is 22.8 Å². The summed E-state index contributed by atoms with van der Waals surface area (Å²) >= 11 is 3.17. The number of rotatable bonds is 4. The Labute approximate surface area is 146 Å². The minimum atomic E-state index is -0.0765. The predicted molar refractivity (Wildman–Crippen MR) is 97.7 cm³/mol. The molecule has 4 rings (SSSR count). The van der Waals surface area contributed by atoms with Crippen molar-refractivity contribution in [2.45, 2.75) is 13.3 Å². The Hall–Kier alpha value is -2.51. The van der Waals surface area contributed by atoms with Crippen molar-refractivity contribution < 1.29 is 4.79 Å². The molecule has 0 saturated carbocycles. The number of thiazole rings is 2. The Morgan fingerprint density at radius 3 is 3.00 bits per heavy atom. The van der Waals surface area contributed by atoms with Crippen LogP contribution < -0.4 is 5.32 Å². The summed E-state index contributed by atoms with van der Waals surface area (Å²) in [6, 6.07) is 7.74. The van der Waals surface area contributed by atoms with Crippen LogP contribution in [0, 0.1) is 6.92 Å². The number of amides is 1. The third kappa shape index (κ3) is 3.08. The van der Waals surface area contributed by atoms with E-state index in [0.29, 0.717) is 0 Å². The fourth-order valence-corrected chi connectivity index (χ4v) is 3.82. The van der Waals surface area contributed by atoms with E-state index >= 15 is 0 Å². The molecule has 7 heteroatoms. The molecular formula is C17H14N4OS2. The maximum absolute atomic E-state index is 12.3. The van der Waals surface area contributed by atoms with E-state index in [-0.39, 0.29) is 12.3 Å². The molecule has 0 aliphatic carbocycles. The van der Waals surface area contributed by atoms with E-state index in [4.69, 9.17) is 0 Å². The van der Waals surface area contributed by atoms with Crippen LogP contribution in [0.25, 0.3) is 16.2 Å². The summed E-state index contributed by atoms with van der Waals surface area (Å²) < 4.78 is 1.93. The largest absolute Gasteiger partial charge is 0.326 e. The van der Waals surface area contributed by atoms with E-state index in [9.17, 15) is 4.79 Å². The summed E-state index contributed by atoms with van der Waals surface area (Å²) in [6.07, 6.45) is 4.09. The zero-order valence-corrected chi connectivity index (χ0v) is 14.5. The lowest BCUT2D eigenvalue weighted by Gasteiger charge is -2.05. The molecule has 0 radical (unpaired) electrons. The number of carbonyl (C=O) groups is 1. The van der Waals surface area contributed by atoms with Crippen molar-refractivity contribution in [1.29, 1.82) is 0 Å². The van der Waals surface area contributed by atoms with Gasteiger partial charge in [0.1, 0.15) is 0 Å². The second kappa shape index (κ2) is 6.18. The number of anilines is 1. The smallest absolute Gasteiger partial charge is 0.230 e. The summed E-state index contributed by atoms with van der Waals surface area (Å²) in [7, 11) is 0. The molecule has 120 valence electrons. The Morgan fingerprint density at radius 2 is 2.21 bits per heavy atom. The topological polar surface area (TPSA) is 59.3 Å². The molecular weight excluding hydrogens is 340 g/mol. The highest BCUT2D eigenvalue weighted by molar-refractivity contribution is 7.15. The molecule has 5 nitrogen and oxygen atoms in total. The van der Waals surface area contributed by atoms with Crippen LogP contribution in [-0.4, -0.2) is 20.3 Å². The molecule has 0 atom stereocenters. The molecule has 0 unspecified atom stereocenters. The molecule has 0 saturated heterocycles. The van der Waals surface area contributed by atoms with E-state index in [1.807, 2.05) is 58.7 Å². The van der Waals surface area contributed by atoms with E-state index in [1.54, 1.807) is 22.7 Å². The average molecular weight is 354 g/mol. The van der Waals surface area contributed by atoms with E-state index in [2.05, 4.69) is 15.3 Å². The second-order valence-electron chi connectivity index (χ2n) is 5.38. The van der Waals surface area contributed by atoms with Gasteiger partial charge >= 0.3 is 0 Å². The number of carbonyl (C=O) groups excluding carboxylic acids is 1. The summed E-state index contributed by atoms with van der Waals surface area (Å²) in [5.41, 5.74) is 3.47. The lowest BCUT2D eigenvalue weighted by molar-refractivity contribution is -0.115. The van der Waals surface area contributed by atoms with Gasteiger partial charge < -0.3 is 5.32 Å². The Bertz CT molecular complexity index is 986. The summed E-state index contributed by atoms with van der Waals surface area (Å²) in [4.78, 5) is 22.1. The number of hydrogen-bond acceptors (Lipinski definition) is 5. The van der Waals surface area contributed by atoms with Gasteiger partial charge in [0, 0.05) is 34.4 Å². The van der Waals surface area contributed by atoms with E-state index in [0.717, 1.165) is 32.6 Å². The highest BCUT2D eigenvalue weighted by atomic mass is 32.1. The van der Waals surface area contributed by atoms with Crippen LogP contribution in [0.4, 0.5) is 5.69 Å². The van der Waals surface area contributed by atoms with Crippen molar-refractivity contribution >= 4 is 39.2 Å². The molecule has 24 heavy (non-hydrogen) atoms. The Balaban J connectivity index is 1.48.